The van der Waals surface area contributed by atoms with Gasteiger partial charge in [0.15, 0.2) is 0 Å². The fourth-order valence-corrected chi connectivity index (χ4v) is 4.21. The number of unbranched alkanes of at least 4 members (excludes halogenated alkanes) is 1. The minimum atomic E-state index is -0.932. The third kappa shape index (κ3) is 4.69. The van der Waals surface area contributed by atoms with Crippen LogP contribution in [0.2, 0.25) is 0 Å². The first-order valence-electron chi connectivity index (χ1n) is 11.4. The number of carbonyl (C=O) groups is 1. The highest BCUT2D eigenvalue weighted by molar-refractivity contribution is 5.88. The third-order valence-corrected chi connectivity index (χ3v) is 5.73. The normalized spacial score (nSPS) is 11.1. The number of carboxylic acids is 1. The number of benzene rings is 2. The van der Waals surface area contributed by atoms with E-state index in [1.165, 1.54) is 0 Å². The molecule has 4 aromatic rings. The molecule has 8 nitrogen and oxygen atoms in total. The molecule has 0 spiro atoms. The van der Waals surface area contributed by atoms with Gasteiger partial charge in [0, 0.05) is 24.1 Å². The minimum Gasteiger partial charge on any atom is -0.477 e. The van der Waals surface area contributed by atoms with Crippen LogP contribution >= 0.6 is 0 Å². The second kappa shape index (κ2) is 10.2. The molecule has 0 bridgehead atoms. The monoisotopic (exact) mass is 444 g/mol. The number of nitrogens with one attached hydrogen (secondary N) is 1. The van der Waals surface area contributed by atoms with E-state index in [0.717, 1.165) is 59.2 Å². The standard InChI is InChI=1S/C25H28N6O2/c1-3-5-14-22-21(23(25(32)33)31(28-22)15-4-2)16-17-10-6-7-11-18(17)19-12-8-9-13-20(19)24-26-29-30-27-24/h6-13H,3-5,14-16H2,1-2H3,(H,32,33)(H,26,27,29,30). The molecule has 2 aromatic heterocycles. The summed E-state index contributed by atoms with van der Waals surface area (Å²) < 4.78 is 1.67. The second-order valence-corrected chi connectivity index (χ2v) is 8.02. The van der Waals surface area contributed by atoms with Gasteiger partial charge >= 0.3 is 5.97 Å². The number of aromatic amines is 1. The molecule has 2 aromatic carbocycles. The number of nitrogens with zero attached hydrogens (tertiary/aromatic N) is 5. The number of rotatable bonds is 10. The van der Waals surface area contributed by atoms with E-state index < -0.39 is 5.97 Å². The molecule has 0 unspecified atom stereocenters. The third-order valence-electron chi connectivity index (χ3n) is 5.73. The topological polar surface area (TPSA) is 110 Å². The van der Waals surface area contributed by atoms with E-state index in [0.29, 0.717) is 24.5 Å². The maximum Gasteiger partial charge on any atom is 0.354 e. The van der Waals surface area contributed by atoms with Crippen molar-refractivity contribution in [2.24, 2.45) is 0 Å². The van der Waals surface area contributed by atoms with Gasteiger partial charge in [0.1, 0.15) is 5.69 Å². The zero-order valence-corrected chi connectivity index (χ0v) is 19.0. The molecule has 0 fully saturated rings. The quantitative estimate of drug-likeness (QED) is 0.365. The van der Waals surface area contributed by atoms with E-state index >= 15 is 0 Å². The van der Waals surface area contributed by atoms with Crippen molar-refractivity contribution in [1.29, 1.82) is 0 Å². The van der Waals surface area contributed by atoms with Crippen LogP contribution in [0.5, 0.6) is 0 Å². The highest BCUT2D eigenvalue weighted by Gasteiger charge is 2.24. The van der Waals surface area contributed by atoms with Crippen LogP contribution < -0.4 is 0 Å². The van der Waals surface area contributed by atoms with Crippen LogP contribution in [0, 0.1) is 0 Å². The minimum absolute atomic E-state index is 0.296. The largest absolute Gasteiger partial charge is 0.477 e. The number of aromatic nitrogens is 6. The number of aryl methyl sites for hydroxylation is 2. The Kier molecular flexibility index (Phi) is 6.92. The lowest BCUT2D eigenvalue weighted by Crippen LogP contribution is -2.12. The molecular formula is C25H28N6O2. The Morgan fingerprint density at radius 1 is 1.00 bits per heavy atom. The van der Waals surface area contributed by atoms with Gasteiger partial charge in [0.2, 0.25) is 5.82 Å². The Morgan fingerprint density at radius 2 is 1.73 bits per heavy atom. The Hall–Kier alpha value is -3.81. The van der Waals surface area contributed by atoms with E-state index in [4.69, 9.17) is 5.10 Å². The lowest BCUT2D eigenvalue weighted by molar-refractivity contribution is 0.0682. The summed E-state index contributed by atoms with van der Waals surface area (Å²) in [5.41, 5.74) is 5.86. The van der Waals surface area contributed by atoms with Gasteiger partial charge in [0.25, 0.3) is 0 Å². The summed E-state index contributed by atoms with van der Waals surface area (Å²) in [4.78, 5) is 12.3. The lowest BCUT2D eigenvalue weighted by atomic mass is 9.91. The van der Waals surface area contributed by atoms with Crippen molar-refractivity contribution in [3.05, 3.63) is 71.0 Å². The number of hydrogen-bond acceptors (Lipinski definition) is 5. The molecule has 0 amide bonds. The Labute approximate surface area is 192 Å². The maximum atomic E-state index is 12.3. The molecule has 0 saturated heterocycles. The molecule has 0 atom stereocenters. The van der Waals surface area contributed by atoms with Gasteiger partial charge in [-0.3, -0.25) is 4.68 Å². The van der Waals surface area contributed by atoms with Crippen LogP contribution in [0.4, 0.5) is 0 Å². The molecule has 2 heterocycles. The molecule has 170 valence electrons. The summed E-state index contributed by atoms with van der Waals surface area (Å²) in [5, 5.41) is 29.3. The predicted octanol–water partition coefficient (Wildman–Crippen LogP) is 4.77. The van der Waals surface area contributed by atoms with E-state index in [-0.39, 0.29) is 0 Å². The van der Waals surface area contributed by atoms with Crippen molar-refractivity contribution in [2.45, 2.75) is 52.5 Å². The van der Waals surface area contributed by atoms with Crippen LogP contribution in [0.1, 0.15) is 60.4 Å². The first-order chi connectivity index (χ1) is 16.1. The number of H-pyrrole nitrogens is 1. The highest BCUT2D eigenvalue weighted by atomic mass is 16.4. The first-order valence-corrected chi connectivity index (χ1v) is 11.4. The maximum absolute atomic E-state index is 12.3. The summed E-state index contributed by atoms with van der Waals surface area (Å²) in [6.07, 6.45) is 4.07. The number of hydrogen-bond donors (Lipinski definition) is 2. The van der Waals surface area contributed by atoms with Gasteiger partial charge < -0.3 is 5.11 Å². The van der Waals surface area contributed by atoms with Crippen molar-refractivity contribution < 1.29 is 9.90 Å². The van der Waals surface area contributed by atoms with Crippen LogP contribution in [0.3, 0.4) is 0 Å². The molecule has 2 N–H and O–H groups in total. The summed E-state index contributed by atoms with van der Waals surface area (Å²) in [7, 11) is 0. The first kappa shape index (κ1) is 22.4. The van der Waals surface area contributed by atoms with Crippen LogP contribution in [0.15, 0.2) is 48.5 Å². The molecule has 8 heteroatoms. The average Bonchev–Trinajstić information content (AvgIpc) is 3.47. The fraction of sp³-hybridized carbons (Fsp3) is 0.320. The molecular weight excluding hydrogens is 416 g/mol. The van der Waals surface area contributed by atoms with E-state index in [1.807, 2.05) is 43.3 Å². The zero-order chi connectivity index (χ0) is 23.2. The summed E-state index contributed by atoms with van der Waals surface area (Å²) in [6.45, 7) is 4.75. The van der Waals surface area contributed by atoms with Gasteiger partial charge in [-0.25, -0.2) is 4.79 Å². The van der Waals surface area contributed by atoms with Gasteiger partial charge in [-0.2, -0.15) is 10.3 Å². The molecule has 4 rings (SSSR count). The molecule has 0 aliphatic carbocycles. The van der Waals surface area contributed by atoms with Crippen molar-refractivity contribution in [1.82, 2.24) is 30.4 Å². The highest BCUT2D eigenvalue weighted by Crippen LogP contribution is 2.34. The predicted molar refractivity (Wildman–Crippen MR) is 126 cm³/mol. The molecule has 0 aliphatic heterocycles. The fourth-order valence-electron chi connectivity index (χ4n) is 4.21. The van der Waals surface area contributed by atoms with E-state index in [2.05, 4.69) is 39.7 Å². The number of aromatic carboxylic acids is 1. The lowest BCUT2D eigenvalue weighted by Gasteiger charge is -2.13. The molecule has 0 aliphatic rings. The summed E-state index contributed by atoms with van der Waals surface area (Å²) in [6, 6.07) is 16.0. The van der Waals surface area contributed by atoms with Crippen molar-refractivity contribution >= 4 is 5.97 Å². The van der Waals surface area contributed by atoms with Crippen LogP contribution in [-0.4, -0.2) is 41.5 Å². The van der Waals surface area contributed by atoms with Crippen molar-refractivity contribution in [3.8, 4) is 22.5 Å². The van der Waals surface area contributed by atoms with Crippen LogP contribution in [0.25, 0.3) is 22.5 Å². The number of tetrazole rings is 1. The Balaban J connectivity index is 1.83. The molecule has 0 radical (unpaired) electrons. The summed E-state index contributed by atoms with van der Waals surface area (Å²) in [5.74, 6) is -0.413. The SMILES string of the molecule is CCCCc1nn(CCC)c(C(=O)O)c1Cc1ccccc1-c1ccccc1-c1nn[nH]n1. The smallest absolute Gasteiger partial charge is 0.354 e. The second-order valence-electron chi connectivity index (χ2n) is 8.02. The summed E-state index contributed by atoms with van der Waals surface area (Å²) >= 11 is 0. The van der Waals surface area contributed by atoms with Gasteiger partial charge in [-0.15, -0.1) is 10.2 Å². The van der Waals surface area contributed by atoms with Gasteiger partial charge in [-0.1, -0.05) is 68.8 Å². The molecule has 33 heavy (non-hydrogen) atoms. The van der Waals surface area contributed by atoms with E-state index in [9.17, 15) is 9.90 Å². The number of carboxylic acid groups (broad SMARTS) is 1. The van der Waals surface area contributed by atoms with Gasteiger partial charge in [0.05, 0.1) is 5.69 Å². The van der Waals surface area contributed by atoms with Crippen LogP contribution in [-0.2, 0) is 19.4 Å². The average molecular weight is 445 g/mol. The Morgan fingerprint density at radius 3 is 2.39 bits per heavy atom. The van der Waals surface area contributed by atoms with Gasteiger partial charge in [-0.05, 0) is 41.2 Å². The zero-order valence-electron chi connectivity index (χ0n) is 19.0. The Bertz CT molecular complexity index is 1230. The van der Waals surface area contributed by atoms with E-state index in [1.54, 1.807) is 4.68 Å². The molecule has 0 saturated carbocycles. The van der Waals surface area contributed by atoms with Crippen molar-refractivity contribution in [3.63, 3.8) is 0 Å². The van der Waals surface area contributed by atoms with Crippen molar-refractivity contribution in [2.75, 3.05) is 0 Å².